The molecule has 0 aromatic carbocycles. The van der Waals surface area contributed by atoms with Gasteiger partial charge in [0.1, 0.15) is 0 Å². The Labute approximate surface area is 85.2 Å². The van der Waals surface area contributed by atoms with E-state index in [1.165, 1.54) is 0 Å². The second-order valence-electron chi connectivity index (χ2n) is 3.99. The van der Waals surface area contributed by atoms with E-state index >= 15 is 0 Å². The molecule has 1 fully saturated rings. The fourth-order valence-corrected chi connectivity index (χ4v) is 1.77. The van der Waals surface area contributed by atoms with E-state index in [1.54, 1.807) is 7.11 Å². The lowest BCUT2D eigenvalue weighted by Gasteiger charge is -2.17. The first-order valence-electron chi connectivity index (χ1n) is 5.21. The second-order valence-corrected chi connectivity index (χ2v) is 3.99. The maximum absolute atomic E-state index is 11.6. The lowest BCUT2D eigenvalue weighted by atomic mass is 10.0. The summed E-state index contributed by atoms with van der Waals surface area (Å²) in [4.78, 5) is 11.6. The first-order chi connectivity index (χ1) is 6.65. The molecule has 0 spiro atoms. The zero-order valence-electron chi connectivity index (χ0n) is 8.95. The topological polar surface area (TPSA) is 64.3 Å². The van der Waals surface area contributed by atoms with Gasteiger partial charge in [-0.25, -0.2) is 0 Å². The zero-order valence-corrected chi connectivity index (χ0v) is 8.95. The summed E-state index contributed by atoms with van der Waals surface area (Å²) < 4.78 is 5.04. The molecule has 1 amide bonds. The number of rotatable bonds is 4. The highest BCUT2D eigenvalue weighted by Gasteiger charge is 2.29. The van der Waals surface area contributed by atoms with Gasteiger partial charge in [-0.05, 0) is 19.8 Å². The fourth-order valence-electron chi connectivity index (χ4n) is 1.77. The van der Waals surface area contributed by atoms with E-state index in [0.717, 1.165) is 19.3 Å². The number of nitrogens with two attached hydrogens (primary N) is 1. The predicted octanol–water partition coefficient (Wildman–Crippen LogP) is 0.265. The summed E-state index contributed by atoms with van der Waals surface area (Å²) in [5.74, 6) is 0.0953. The van der Waals surface area contributed by atoms with Crippen LogP contribution in [0.3, 0.4) is 0 Å². The van der Waals surface area contributed by atoms with E-state index in [-0.39, 0.29) is 24.0 Å². The van der Waals surface area contributed by atoms with E-state index in [1.807, 2.05) is 6.92 Å². The van der Waals surface area contributed by atoms with E-state index in [9.17, 15) is 4.79 Å². The van der Waals surface area contributed by atoms with Crippen molar-refractivity contribution in [1.29, 1.82) is 0 Å². The molecule has 0 aromatic rings. The Kier molecular flexibility index (Phi) is 4.35. The molecule has 4 nitrogen and oxygen atoms in total. The molecule has 0 aliphatic heterocycles. The molecule has 3 unspecified atom stereocenters. The molecule has 0 radical (unpaired) electrons. The largest absolute Gasteiger partial charge is 0.380 e. The van der Waals surface area contributed by atoms with Crippen LogP contribution in [-0.4, -0.2) is 31.7 Å². The smallest absolute Gasteiger partial charge is 0.224 e. The number of nitrogens with one attached hydrogen (secondary N) is 1. The van der Waals surface area contributed by atoms with Crippen molar-refractivity contribution in [3.8, 4) is 0 Å². The summed E-state index contributed by atoms with van der Waals surface area (Å²) in [5, 5.41) is 2.86. The minimum atomic E-state index is 0.0130. The Morgan fingerprint density at radius 1 is 1.64 bits per heavy atom. The van der Waals surface area contributed by atoms with E-state index < -0.39 is 0 Å². The molecule has 1 rings (SSSR count). The van der Waals surface area contributed by atoms with Gasteiger partial charge >= 0.3 is 0 Å². The minimum Gasteiger partial charge on any atom is -0.380 e. The lowest BCUT2D eigenvalue weighted by Crippen LogP contribution is -2.41. The van der Waals surface area contributed by atoms with Crippen LogP contribution in [0.25, 0.3) is 0 Å². The number of ether oxygens (including phenoxy) is 1. The van der Waals surface area contributed by atoms with Gasteiger partial charge in [-0.3, -0.25) is 4.79 Å². The maximum atomic E-state index is 11.6. The Bertz CT molecular complexity index is 197. The van der Waals surface area contributed by atoms with Crippen LogP contribution >= 0.6 is 0 Å². The van der Waals surface area contributed by atoms with Crippen LogP contribution in [0.4, 0.5) is 0 Å². The maximum Gasteiger partial charge on any atom is 0.224 e. The number of methoxy groups -OCH3 is 1. The fraction of sp³-hybridized carbons (Fsp3) is 0.900. The average Bonchev–Trinajstić information content (AvgIpc) is 2.60. The van der Waals surface area contributed by atoms with Crippen molar-refractivity contribution in [2.24, 2.45) is 11.7 Å². The normalized spacial score (nSPS) is 28.8. The van der Waals surface area contributed by atoms with Gasteiger partial charge in [-0.2, -0.15) is 0 Å². The van der Waals surface area contributed by atoms with Crippen molar-refractivity contribution in [3.63, 3.8) is 0 Å². The number of carbonyl (C=O) groups is 1. The SMILES string of the molecule is COC(C)CNC(=O)C1CCCC1N. The minimum absolute atomic E-state index is 0.0130. The van der Waals surface area contributed by atoms with Gasteiger partial charge in [0.05, 0.1) is 12.0 Å². The molecule has 0 saturated heterocycles. The van der Waals surface area contributed by atoms with Crippen LogP contribution in [-0.2, 0) is 9.53 Å². The van der Waals surface area contributed by atoms with Crippen molar-refractivity contribution in [3.05, 3.63) is 0 Å². The molecular formula is C10H20N2O2. The third-order valence-electron chi connectivity index (χ3n) is 2.87. The first-order valence-corrected chi connectivity index (χ1v) is 5.21. The van der Waals surface area contributed by atoms with Crippen molar-refractivity contribution in [2.45, 2.75) is 38.3 Å². The van der Waals surface area contributed by atoms with Crippen LogP contribution in [0.2, 0.25) is 0 Å². The Balaban J connectivity index is 2.27. The molecule has 82 valence electrons. The highest BCUT2D eigenvalue weighted by Crippen LogP contribution is 2.23. The summed E-state index contributed by atoms with van der Waals surface area (Å²) in [6, 6.07) is 0.0489. The van der Waals surface area contributed by atoms with Gasteiger partial charge in [-0.1, -0.05) is 6.42 Å². The first kappa shape index (κ1) is 11.5. The van der Waals surface area contributed by atoms with Crippen molar-refractivity contribution in [1.82, 2.24) is 5.32 Å². The summed E-state index contributed by atoms with van der Waals surface area (Å²) in [7, 11) is 1.64. The quantitative estimate of drug-likeness (QED) is 0.684. The van der Waals surface area contributed by atoms with Crippen LogP contribution in [0.15, 0.2) is 0 Å². The van der Waals surface area contributed by atoms with E-state index in [2.05, 4.69) is 5.32 Å². The van der Waals surface area contributed by atoms with Crippen LogP contribution < -0.4 is 11.1 Å². The summed E-state index contributed by atoms with van der Waals surface area (Å²) in [6.45, 7) is 2.49. The number of carbonyl (C=O) groups excluding carboxylic acids is 1. The molecular weight excluding hydrogens is 180 g/mol. The number of hydrogen-bond acceptors (Lipinski definition) is 3. The summed E-state index contributed by atoms with van der Waals surface area (Å²) in [6.07, 6.45) is 3.03. The molecule has 14 heavy (non-hydrogen) atoms. The number of amides is 1. The predicted molar refractivity (Wildman–Crippen MR) is 54.8 cm³/mol. The van der Waals surface area contributed by atoms with Gasteiger partial charge in [0, 0.05) is 19.7 Å². The monoisotopic (exact) mass is 200 g/mol. The molecule has 0 bridgehead atoms. The standard InChI is InChI=1S/C10H20N2O2/c1-7(14-2)6-12-10(13)8-4-3-5-9(8)11/h7-9H,3-6,11H2,1-2H3,(H,12,13). The Hall–Kier alpha value is -0.610. The average molecular weight is 200 g/mol. The molecule has 3 N–H and O–H groups in total. The van der Waals surface area contributed by atoms with Gasteiger partial charge in [-0.15, -0.1) is 0 Å². The third-order valence-corrected chi connectivity index (χ3v) is 2.87. The third kappa shape index (κ3) is 2.96. The van der Waals surface area contributed by atoms with Crippen LogP contribution in [0.5, 0.6) is 0 Å². The summed E-state index contributed by atoms with van der Waals surface area (Å²) in [5.41, 5.74) is 5.83. The Morgan fingerprint density at radius 2 is 2.36 bits per heavy atom. The van der Waals surface area contributed by atoms with Crippen LogP contribution in [0.1, 0.15) is 26.2 Å². The summed E-state index contributed by atoms with van der Waals surface area (Å²) >= 11 is 0. The molecule has 1 aliphatic rings. The molecule has 0 heterocycles. The Morgan fingerprint density at radius 3 is 2.86 bits per heavy atom. The lowest BCUT2D eigenvalue weighted by molar-refractivity contribution is -0.125. The molecule has 4 heteroatoms. The van der Waals surface area contributed by atoms with Gasteiger partial charge in [0.2, 0.25) is 5.91 Å². The van der Waals surface area contributed by atoms with E-state index in [0.29, 0.717) is 6.54 Å². The van der Waals surface area contributed by atoms with Crippen LogP contribution in [0, 0.1) is 5.92 Å². The molecule has 3 atom stereocenters. The van der Waals surface area contributed by atoms with Crippen molar-refractivity contribution in [2.75, 3.05) is 13.7 Å². The number of hydrogen-bond donors (Lipinski definition) is 2. The molecule has 1 saturated carbocycles. The highest BCUT2D eigenvalue weighted by atomic mass is 16.5. The van der Waals surface area contributed by atoms with Gasteiger partial charge in [0.25, 0.3) is 0 Å². The van der Waals surface area contributed by atoms with E-state index in [4.69, 9.17) is 10.5 Å². The second kappa shape index (κ2) is 5.32. The highest BCUT2D eigenvalue weighted by molar-refractivity contribution is 5.79. The molecule has 0 aromatic heterocycles. The zero-order chi connectivity index (χ0) is 10.6. The van der Waals surface area contributed by atoms with Gasteiger partial charge in [0.15, 0.2) is 0 Å². The molecule has 1 aliphatic carbocycles. The van der Waals surface area contributed by atoms with Crippen molar-refractivity contribution >= 4 is 5.91 Å². The van der Waals surface area contributed by atoms with Gasteiger partial charge < -0.3 is 15.8 Å². The van der Waals surface area contributed by atoms with Crippen molar-refractivity contribution < 1.29 is 9.53 Å².